The van der Waals surface area contributed by atoms with Gasteiger partial charge in [0.05, 0.1) is 5.69 Å². The van der Waals surface area contributed by atoms with E-state index < -0.39 is 5.82 Å². The summed E-state index contributed by atoms with van der Waals surface area (Å²) in [7, 11) is 0. The van der Waals surface area contributed by atoms with E-state index >= 15 is 0 Å². The number of amides is 1. The van der Waals surface area contributed by atoms with Crippen LogP contribution in [-0.2, 0) is 6.54 Å². The second-order valence-corrected chi connectivity index (χ2v) is 6.04. The van der Waals surface area contributed by atoms with Crippen LogP contribution in [0.2, 0.25) is 0 Å². The van der Waals surface area contributed by atoms with Crippen molar-refractivity contribution in [1.82, 2.24) is 14.5 Å². The highest BCUT2D eigenvalue weighted by Gasteiger charge is 2.15. The fourth-order valence-electron chi connectivity index (χ4n) is 3.03. The molecule has 6 heteroatoms. The van der Waals surface area contributed by atoms with Crippen LogP contribution in [0.5, 0.6) is 0 Å². The van der Waals surface area contributed by atoms with Gasteiger partial charge in [0.25, 0.3) is 5.91 Å². The summed E-state index contributed by atoms with van der Waals surface area (Å²) in [6.45, 7) is 2.72. The normalized spacial score (nSPS) is 10.9. The zero-order valence-electron chi connectivity index (χ0n) is 14.7. The number of rotatable bonds is 4. The van der Waals surface area contributed by atoms with Crippen LogP contribution < -0.4 is 5.32 Å². The molecule has 2 heterocycles. The number of para-hydroxylation sites is 1. The van der Waals surface area contributed by atoms with Gasteiger partial charge < -0.3 is 9.88 Å². The number of hydrogen-bond donors (Lipinski definition) is 1. The zero-order chi connectivity index (χ0) is 18.8. The highest BCUT2D eigenvalue weighted by Crippen LogP contribution is 2.25. The van der Waals surface area contributed by atoms with E-state index in [2.05, 4.69) is 15.3 Å². The number of anilines is 1. The number of hydrogen-bond acceptors (Lipinski definition) is 3. The third-order valence-corrected chi connectivity index (χ3v) is 4.33. The SMILES string of the molecule is CCn1c(-c2cccc(C(=O)Nc3ccccc3F)c2)nc2cccnc21. The fourth-order valence-corrected chi connectivity index (χ4v) is 3.03. The first-order valence-electron chi connectivity index (χ1n) is 8.65. The van der Waals surface area contributed by atoms with Crippen LogP contribution in [0.15, 0.2) is 66.9 Å². The maximum absolute atomic E-state index is 13.8. The van der Waals surface area contributed by atoms with Crippen molar-refractivity contribution in [1.29, 1.82) is 0 Å². The minimum atomic E-state index is -0.471. The second-order valence-electron chi connectivity index (χ2n) is 6.04. The third kappa shape index (κ3) is 3.17. The maximum Gasteiger partial charge on any atom is 0.255 e. The molecule has 0 aliphatic rings. The van der Waals surface area contributed by atoms with E-state index in [4.69, 9.17) is 0 Å². The van der Waals surface area contributed by atoms with Crippen molar-refractivity contribution in [3.05, 3.63) is 78.2 Å². The maximum atomic E-state index is 13.8. The van der Waals surface area contributed by atoms with Crippen molar-refractivity contribution in [3.63, 3.8) is 0 Å². The molecule has 1 N–H and O–H groups in total. The number of benzene rings is 2. The Morgan fingerprint density at radius 1 is 1.11 bits per heavy atom. The Kier molecular flexibility index (Phi) is 4.38. The first-order chi connectivity index (χ1) is 13.2. The van der Waals surface area contributed by atoms with Crippen molar-refractivity contribution in [2.75, 3.05) is 5.32 Å². The minimum Gasteiger partial charge on any atom is -0.319 e. The summed E-state index contributed by atoms with van der Waals surface area (Å²) < 4.78 is 15.8. The molecule has 0 spiro atoms. The number of carbonyl (C=O) groups is 1. The molecule has 0 atom stereocenters. The summed E-state index contributed by atoms with van der Waals surface area (Å²) in [6.07, 6.45) is 1.73. The highest BCUT2D eigenvalue weighted by molar-refractivity contribution is 6.05. The van der Waals surface area contributed by atoms with Gasteiger partial charge in [0.1, 0.15) is 17.2 Å². The van der Waals surface area contributed by atoms with Gasteiger partial charge in [-0.05, 0) is 43.3 Å². The Bertz CT molecular complexity index is 1140. The predicted octanol–water partition coefficient (Wildman–Crippen LogP) is 4.51. The van der Waals surface area contributed by atoms with Gasteiger partial charge in [-0.2, -0.15) is 0 Å². The zero-order valence-corrected chi connectivity index (χ0v) is 14.7. The first-order valence-corrected chi connectivity index (χ1v) is 8.65. The number of halogens is 1. The number of aryl methyl sites for hydroxylation is 1. The second kappa shape index (κ2) is 6.99. The molecule has 0 radical (unpaired) electrons. The van der Waals surface area contributed by atoms with Crippen LogP contribution in [0.4, 0.5) is 10.1 Å². The molecule has 4 aromatic rings. The molecular weight excluding hydrogens is 343 g/mol. The molecule has 2 aromatic carbocycles. The molecule has 0 aliphatic carbocycles. The number of nitrogens with one attached hydrogen (secondary N) is 1. The smallest absolute Gasteiger partial charge is 0.255 e. The van der Waals surface area contributed by atoms with Crippen LogP contribution in [0.3, 0.4) is 0 Å². The molecule has 134 valence electrons. The minimum absolute atomic E-state index is 0.151. The van der Waals surface area contributed by atoms with Crippen LogP contribution >= 0.6 is 0 Å². The number of imidazole rings is 1. The first kappa shape index (κ1) is 16.9. The molecule has 2 aromatic heterocycles. The van der Waals surface area contributed by atoms with Crippen LogP contribution in [0, 0.1) is 5.82 Å². The third-order valence-electron chi connectivity index (χ3n) is 4.33. The molecular formula is C21H17FN4O. The predicted molar refractivity (Wildman–Crippen MR) is 103 cm³/mol. The average molecular weight is 360 g/mol. The van der Waals surface area contributed by atoms with Crippen molar-refractivity contribution in [2.45, 2.75) is 13.5 Å². The molecule has 27 heavy (non-hydrogen) atoms. The standard InChI is InChI=1S/C21H17FN4O/c1-2-26-19(24-18-11-6-12-23-20(18)26)14-7-5-8-15(13-14)21(27)25-17-10-4-3-9-16(17)22/h3-13H,2H2,1H3,(H,25,27). The molecule has 0 bridgehead atoms. The van der Waals surface area contributed by atoms with E-state index in [0.29, 0.717) is 12.1 Å². The van der Waals surface area contributed by atoms with Crippen molar-refractivity contribution >= 4 is 22.8 Å². The monoisotopic (exact) mass is 360 g/mol. The topological polar surface area (TPSA) is 59.8 Å². The van der Waals surface area contributed by atoms with Crippen LogP contribution in [-0.4, -0.2) is 20.4 Å². The van der Waals surface area contributed by atoms with E-state index in [9.17, 15) is 9.18 Å². The van der Waals surface area contributed by atoms with Gasteiger partial charge >= 0.3 is 0 Å². The van der Waals surface area contributed by atoms with E-state index in [-0.39, 0.29) is 11.6 Å². The molecule has 4 rings (SSSR count). The molecule has 0 unspecified atom stereocenters. The Balaban J connectivity index is 1.71. The molecule has 1 amide bonds. The molecule has 0 saturated carbocycles. The lowest BCUT2D eigenvalue weighted by atomic mass is 10.1. The Morgan fingerprint density at radius 2 is 1.96 bits per heavy atom. The molecule has 0 fully saturated rings. The van der Waals surface area contributed by atoms with Crippen molar-refractivity contribution in [3.8, 4) is 11.4 Å². The van der Waals surface area contributed by atoms with Gasteiger partial charge in [-0.1, -0.05) is 24.3 Å². The van der Waals surface area contributed by atoms with E-state index in [1.54, 1.807) is 36.5 Å². The lowest BCUT2D eigenvalue weighted by molar-refractivity contribution is 0.102. The number of aromatic nitrogens is 3. The Hall–Kier alpha value is -3.54. The van der Waals surface area contributed by atoms with Crippen molar-refractivity contribution < 1.29 is 9.18 Å². The highest BCUT2D eigenvalue weighted by atomic mass is 19.1. The number of carbonyl (C=O) groups excluding carboxylic acids is 1. The van der Waals surface area contributed by atoms with Gasteiger partial charge in [0.15, 0.2) is 5.65 Å². The summed E-state index contributed by atoms with van der Waals surface area (Å²) in [5, 5.41) is 2.61. The van der Waals surface area contributed by atoms with Gasteiger partial charge in [-0.3, -0.25) is 4.79 Å². The van der Waals surface area contributed by atoms with E-state index in [0.717, 1.165) is 22.6 Å². The van der Waals surface area contributed by atoms with Crippen molar-refractivity contribution in [2.24, 2.45) is 0 Å². The largest absolute Gasteiger partial charge is 0.319 e. The lowest BCUT2D eigenvalue weighted by Crippen LogP contribution is -2.13. The van der Waals surface area contributed by atoms with Crippen LogP contribution in [0.1, 0.15) is 17.3 Å². The van der Waals surface area contributed by atoms with E-state index in [1.807, 2.05) is 29.7 Å². The number of pyridine rings is 1. The molecule has 5 nitrogen and oxygen atoms in total. The Labute approximate surface area is 155 Å². The number of nitrogens with zero attached hydrogens (tertiary/aromatic N) is 3. The molecule has 0 aliphatic heterocycles. The molecule has 0 saturated heterocycles. The summed E-state index contributed by atoms with van der Waals surface area (Å²) in [6, 6.07) is 17.0. The quantitative estimate of drug-likeness (QED) is 0.582. The van der Waals surface area contributed by atoms with Gasteiger partial charge in [-0.15, -0.1) is 0 Å². The van der Waals surface area contributed by atoms with Gasteiger partial charge in [0, 0.05) is 23.9 Å². The number of fused-ring (bicyclic) bond motifs is 1. The van der Waals surface area contributed by atoms with Gasteiger partial charge in [-0.25, -0.2) is 14.4 Å². The van der Waals surface area contributed by atoms with Crippen LogP contribution in [0.25, 0.3) is 22.6 Å². The summed E-state index contributed by atoms with van der Waals surface area (Å²) in [5.41, 5.74) is 2.99. The Morgan fingerprint density at radius 3 is 2.78 bits per heavy atom. The summed E-state index contributed by atoms with van der Waals surface area (Å²) >= 11 is 0. The summed E-state index contributed by atoms with van der Waals surface area (Å²) in [5.74, 6) is -0.105. The average Bonchev–Trinajstić information content (AvgIpc) is 3.08. The van der Waals surface area contributed by atoms with E-state index in [1.165, 1.54) is 12.1 Å². The van der Waals surface area contributed by atoms with Gasteiger partial charge in [0.2, 0.25) is 0 Å². The summed E-state index contributed by atoms with van der Waals surface area (Å²) in [4.78, 5) is 21.6. The lowest BCUT2D eigenvalue weighted by Gasteiger charge is -2.09. The fraction of sp³-hybridized carbons (Fsp3) is 0.0952.